The quantitative estimate of drug-likeness (QED) is 0.855. The first-order valence-electron chi connectivity index (χ1n) is 8.71. The molecule has 6 nitrogen and oxygen atoms in total. The highest BCUT2D eigenvalue weighted by molar-refractivity contribution is 5.99. The van der Waals surface area contributed by atoms with E-state index >= 15 is 0 Å². The number of piperazine rings is 1. The van der Waals surface area contributed by atoms with E-state index in [4.69, 9.17) is 0 Å². The summed E-state index contributed by atoms with van der Waals surface area (Å²) in [5.74, 6) is 0.0817. The Morgan fingerprint density at radius 1 is 1.20 bits per heavy atom. The van der Waals surface area contributed by atoms with Gasteiger partial charge in [0.25, 0.3) is 0 Å². The number of hydrogen-bond acceptors (Lipinski definition) is 3. The lowest BCUT2D eigenvalue weighted by molar-refractivity contribution is -0.142. The van der Waals surface area contributed by atoms with Crippen molar-refractivity contribution in [3.8, 4) is 0 Å². The van der Waals surface area contributed by atoms with E-state index in [1.807, 2.05) is 48.1 Å². The molecule has 2 heterocycles. The Balaban J connectivity index is 1.43. The second-order valence-electron chi connectivity index (χ2n) is 7.09. The second kappa shape index (κ2) is 6.02. The Labute approximate surface area is 147 Å². The molecule has 0 radical (unpaired) electrons. The van der Waals surface area contributed by atoms with Gasteiger partial charge in [0, 0.05) is 31.2 Å². The van der Waals surface area contributed by atoms with Gasteiger partial charge in [0.05, 0.1) is 12.0 Å². The first-order chi connectivity index (χ1) is 12.1. The van der Waals surface area contributed by atoms with E-state index in [-0.39, 0.29) is 23.8 Å². The molecule has 1 saturated heterocycles. The standard InChI is InChI=1S/C19H22N4O2/c1-15-3-5-16(6-4-15)23-12-11-21(13-17(23)24)18(25)19(7-8-19)14-22-10-2-9-20-22/h2-6,9-10H,7-8,11-14H2,1H3. The van der Waals surface area contributed by atoms with Crippen molar-refractivity contribution >= 4 is 17.5 Å². The summed E-state index contributed by atoms with van der Waals surface area (Å²) < 4.78 is 1.81. The van der Waals surface area contributed by atoms with Crippen molar-refractivity contribution in [1.82, 2.24) is 14.7 Å². The van der Waals surface area contributed by atoms with Crippen LogP contribution < -0.4 is 4.90 Å². The predicted molar refractivity (Wildman–Crippen MR) is 94.0 cm³/mol. The van der Waals surface area contributed by atoms with Gasteiger partial charge in [-0.15, -0.1) is 0 Å². The van der Waals surface area contributed by atoms with Gasteiger partial charge < -0.3 is 9.80 Å². The van der Waals surface area contributed by atoms with Crippen LogP contribution in [0.25, 0.3) is 0 Å². The van der Waals surface area contributed by atoms with Crippen LogP contribution in [0.1, 0.15) is 18.4 Å². The van der Waals surface area contributed by atoms with E-state index in [0.29, 0.717) is 19.6 Å². The topological polar surface area (TPSA) is 58.4 Å². The normalized spacial score (nSPS) is 19.2. The minimum Gasteiger partial charge on any atom is -0.331 e. The van der Waals surface area contributed by atoms with Gasteiger partial charge in [-0.25, -0.2) is 0 Å². The molecule has 0 spiro atoms. The summed E-state index contributed by atoms with van der Waals surface area (Å²) in [5.41, 5.74) is 1.71. The molecule has 1 aliphatic heterocycles. The van der Waals surface area contributed by atoms with Crippen molar-refractivity contribution in [1.29, 1.82) is 0 Å². The monoisotopic (exact) mass is 338 g/mol. The van der Waals surface area contributed by atoms with Gasteiger partial charge in [-0.2, -0.15) is 5.10 Å². The highest BCUT2D eigenvalue weighted by atomic mass is 16.2. The molecule has 2 fully saturated rings. The third-order valence-electron chi connectivity index (χ3n) is 5.18. The van der Waals surface area contributed by atoms with Crippen molar-refractivity contribution in [3.63, 3.8) is 0 Å². The molecule has 1 saturated carbocycles. The Hall–Kier alpha value is -2.63. The third kappa shape index (κ3) is 3.04. The highest BCUT2D eigenvalue weighted by Crippen LogP contribution is 2.48. The molecule has 6 heteroatoms. The lowest BCUT2D eigenvalue weighted by atomic mass is 10.0. The molecule has 2 aliphatic rings. The van der Waals surface area contributed by atoms with Crippen LogP contribution in [0, 0.1) is 12.3 Å². The molecule has 0 N–H and O–H groups in total. The molecule has 2 amide bonds. The Morgan fingerprint density at radius 2 is 1.96 bits per heavy atom. The second-order valence-corrected chi connectivity index (χ2v) is 7.09. The molecule has 0 unspecified atom stereocenters. The fourth-order valence-corrected chi connectivity index (χ4v) is 3.47. The van der Waals surface area contributed by atoms with E-state index in [2.05, 4.69) is 5.10 Å². The van der Waals surface area contributed by atoms with Gasteiger partial charge in [0.1, 0.15) is 6.54 Å². The zero-order valence-corrected chi connectivity index (χ0v) is 14.4. The fourth-order valence-electron chi connectivity index (χ4n) is 3.47. The number of aromatic nitrogens is 2. The van der Waals surface area contributed by atoms with Gasteiger partial charge in [0.15, 0.2) is 0 Å². The van der Waals surface area contributed by atoms with Gasteiger partial charge in [-0.05, 0) is 38.0 Å². The van der Waals surface area contributed by atoms with Crippen LogP contribution in [0.15, 0.2) is 42.7 Å². The number of carbonyl (C=O) groups excluding carboxylic acids is 2. The van der Waals surface area contributed by atoms with E-state index in [9.17, 15) is 9.59 Å². The molecule has 4 rings (SSSR count). The molecule has 0 bridgehead atoms. The molecule has 130 valence electrons. The fraction of sp³-hybridized carbons (Fsp3) is 0.421. The maximum absolute atomic E-state index is 13.0. The maximum atomic E-state index is 13.0. The number of hydrogen-bond donors (Lipinski definition) is 0. The number of anilines is 1. The summed E-state index contributed by atoms with van der Waals surface area (Å²) in [6, 6.07) is 9.80. The zero-order valence-electron chi connectivity index (χ0n) is 14.4. The van der Waals surface area contributed by atoms with E-state index < -0.39 is 0 Å². The largest absolute Gasteiger partial charge is 0.331 e. The van der Waals surface area contributed by atoms with Crippen LogP contribution in [0.4, 0.5) is 5.69 Å². The molecular weight excluding hydrogens is 316 g/mol. The van der Waals surface area contributed by atoms with Crippen molar-refractivity contribution in [2.24, 2.45) is 5.41 Å². The van der Waals surface area contributed by atoms with Crippen LogP contribution in [0.2, 0.25) is 0 Å². The zero-order chi connectivity index (χ0) is 17.4. The predicted octanol–water partition coefficient (Wildman–Crippen LogP) is 1.85. The van der Waals surface area contributed by atoms with Crippen LogP contribution in [0.3, 0.4) is 0 Å². The Kier molecular flexibility index (Phi) is 3.82. The number of aryl methyl sites for hydroxylation is 1. The molecule has 1 aliphatic carbocycles. The van der Waals surface area contributed by atoms with Crippen LogP contribution in [-0.2, 0) is 16.1 Å². The summed E-state index contributed by atoms with van der Waals surface area (Å²) in [6.45, 7) is 3.92. The van der Waals surface area contributed by atoms with Crippen molar-refractivity contribution in [2.75, 3.05) is 24.5 Å². The molecule has 25 heavy (non-hydrogen) atoms. The summed E-state index contributed by atoms with van der Waals surface area (Å²) in [6.07, 6.45) is 5.36. The first kappa shape index (κ1) is 15.9. The van der Waals surface area contributed by atoms with Crippen molar-refractivity contribution < 1.29 is 9.59 Å². The number of amides is 2. The van der Waals surface area contributed by atoms with Crippen LogP contribution in [-0.4, -0.2) is 46.1 Å². The summed E-state index contributed by atoms with van der Waals surface area (Å²) in [7, 11) is 0. The van der Waals surface area contributed by atoms with Crippen LogP contribution in [0.5, 0.6) is 0 Å². The van der Waals surface area contributed by atoms with E-state index in [0.717, 1.165) is 18.5 Å². The van der Waals surface area contributed by atoms with Crippen molar-refractivity contribution in [2.45, 2.75) is 26.3 Å². The number of rotatable bonds is 4. The summed E-state index contributed by atoms with van der Waals surface area (Å²) in [5, 5.41) is 4.21. The molecule has 2 aromatic rings. The van der Waals surface area contributed by atoms with Gasteiger partial charge in [0.2, 0.25) is 11.8 Å². The summed E-state index contributed by atoms with van der Waals surface area (Å²) in [4.78, 5) is 29.0. The van der Waals surface area contributed by atoms with Gasteiger partial charge in [-0.1, -0.05) is 17.7 Å². The van der Waals surface area contributed by atoms with Gasteiger partial charge >= 0.3 is 0 Å². The third-order valence-corrected chi connectivity index (χ3v) is 5.18. The molecular formula is C19H22N4O2. The lowest BCUT2D eigenvalue weighted by Crippen LogP contribution is -2.54. The first-order valence-corrected chi connectivity index (χ1v) is 8.71. The smallest absolute Gasteiger partial charge is 0.246 e. The lowest BCUT2D eigenvalue weighted by Gasteiger charge is -2.36. The van der Waals surface area contributed by atoms with E-state index in [1.54, 1.807) is 16.0 Å². The molecule has 0 atom stereocenters. The minimum atomic E-state index is -0.363. The van der Waals surface area contributed by atoms with Gasteiger partial charge in [-0.3, -0.25) is 14.3 Å². The molecule has 1 aromatic heterocycles. The minimum absolute atomic E-state index is 0.0154. The SMILES string of the molecule is Cc1ccc(N2CCN(C(=O)C3(Cn4cccn4)CC3)CC2=O)cc1. The molecule has 1 aromatic carbocycles. The van der Waals surface area contributed by atoms with Crippen LogP contribution >= 0.6 is 0 Å². The highest BCUT2D eigenvalue weighted by Gasteiger charge is 2.52. The average Bonchev–Trinajstić information content (AvgIpc) is 3.21. The Morgan fingerprint density at radius 3 is 2.56 bits per heavy atom. The Bertz CT molecular complexity index is 778. The maximum Gasteiger partial charge on any atom is 0.246 e. The van der Waals surface area contributed by atoms with Crippen molar-refractivity contribution in [3.05, 3.63) is 48.3 Å². The summed E-state index contributed by atoms with van der Waals surface area (Å²) >= 11 is 0. The number of nitrogens with zero attached hydrogens (tertiary/aromatic N) is 4. The average molecular weight is 338 g/mol. The number of carbonyl (C=O) groups is 2. The number of benzene rings is 1. The van der Waals surface area contributed by atoms with E-state index in [1.165, 1.54) is 5.56 Å².